The normalized spacial score (nSPS) is 12.1. The van der Waals surface area contributed by atoms with Crippen LogP contribution < -0.4 is 10.0 Å². The molecule has 3 aromatic carbocycles. The Kier molecular flexibility index (Phi) is 7.20. The van der Waals surface area contributed by atoms with E-state index in [0.29, 0.717) is 12.2 Å². The van der Waals surface area contributed by atoms with Crippen LogP contribution in [0.15, 0.2) is 77.7 Å². The summed E-state index contributed by atoms with van der Waals surface area (Å²) in [6.07, 6.45) is 0. The third kappa shape index (κ3) is 5.88. The van der Waals surface area contributed by atoms with Gasteiger partial charge in [-0.05, 0) is 68.3 Å². The van der Waals surface area contributed by atoms with Gasteiger partial charge in [-0.1, -0.05) is 42.0 Å². The zero-order valence-corrected chi connectivity index (χ0v) is 19.6. The largest absolute Gasteiger partial charge is 0.374 e. The Hall–Kier alpha value is -3.32. The van der Waals surface area contributed by atoms with E-state index in [-0.39, 0.29) is 10.8 Å². The lowest BCUT2D eigenvalue weighted by Crippen LogP contribution is -2.38. The van der Waals surface area contributed by atoms with Crippen molar-refractivity contribution in [2.24, 2.45) is 0 Å². The van der Waals surface area contributed by atoms with Crippen molar-refractivity contribution in [1.29, 1.82) is 0 Å². The molecule has 0 aliphatic carbocycles. The Balaban J connectivity index is 1.60. The summed E-state index contributed by atoms with van der Waals surface area (Å²) in [5.74, 6) is -0.0302. The predicted molar refractivity (Wildman–Crippen MR) is 129 cm³/mol. The molecule has 0 saturated carbocycles. The van der Waals surface area contributed by atoms with E-state index in [1.54, 1.807) is 60.5 Å². The summed E-state index contributed by atoms with van der Waals surface area (Å²) >= 11 is 0. The molecule has 0 heterocycles. The molecule has 3 rings (SSSR count). The molecule has 0 aliphatic rings. The molecule has 1 unspecified atom stereocenters. The van der Waals surface area contributed by atoms with E-state index in [1.165, 1.54) is 0 Å². The van der Waals surface area contributed by atoms with Gasteiger partial charge in [-0.15, -0.1) is 0 Å². The number of carbonyl (C=O) groups is 1. The van der Waals surface area contributed by atoms with Gasteiger partial charge < -0.3 is 10.2 Å². The van der Waals surface area contributed by atoms with E-state index in [9.17, 15) is 13.2 Å². The highest BCUT2D eigenvalue weighted by molar-refractivity contribution is 7.92. The number of aryl methyl sites for hydroxylation is 2. The number of nitrogens with zero attached hydrogens (tertiary/aromatic N) is 1. The van der Waals surface area contributed by atoms with Crippen molar-refractivity contribution in [2.45, 2.75) is 38.3 Å². The quantitative estimate of drug-likeness (QED) is 0.526. The number of sulfonamides is 1. The first-order chi connectivity index (χ1) is 15.2. The van der Waals surface area contributed by atoms with Gasteiger partial charge in [0.05, 0.1) is 4.90 Å². The summed E-state index contributed by atoms with van der Waals surface area (Å²) in [6, 6.07) is 21.1. The van der Waals surface area contributed by atoms with Crippen LogP contribution in [0.3, 0.4) is 0 Å². The van der Waals surface area contributed by atoms with Crippen molar-refractivity contribution in [1.82, 2.24) is 4.90 Å². The molecule has 3 aromatic rings. The van der Waals surface area contributed by atoms with Gasteiger partial charge in [-0.2, -0.15) is 0 Å². The number of amides is 1. The maximum absolute atomic E-state index is 12.8. The Morgan fingerprint density at radius 3 is 2.12 bits per heavy atom. The van der Waals surface area contributed by atoms with Crippen LogP contribution >= 0.6 is 0 Å². The van der Waals surface area contributed by atoms with Crippen LogP contribution in [0.1, 0.15) is 23.6 Å². The van der Waals surface area contributed by atoms with Crippen LogP contribution in [0.4, 0.5) is 11.4 Å². The lowest BCUT2D eigenvalue weighted by Gasteiger charge is -2.23. The smallest absolute Gasteiger partial charge is 0.261 e. The predicted octanol–water partition coefficient (Wildman–Crippen LogP) is 4.56. The molecule has 1 atom stereocenters. The number of benzene rings is 3. The minimum Gasteiger partial charge on any atom is -0.374 e. The first kappa shape index (κ1) is 23.3. The zero-order chi connectivity index (χ0) is 23.3. The van der Waals surface area contributed by atoms with Gasteiger partial charge in [-0.3, -0.25) is 9.52 Å². The highest BCUT2D eigenvalue weighted by Crippen LogP contribution is 2.20. The molecule has 0 aromatic heterocycles. The van der Waals surface area contributed by atoms with E-state index in [1.807, 2.05) is 45.0 Å². The summed E-state index contributed by atoms with van der Waals surface area (Å²) in [7, 11) is -1.87. The van der Waals surface area contributed by atoms with E-state index in [2.05, 4.69) is 10.0 Å². The fourth-order valence-electron chi connectivity index (χ4n) is 3.33. The van der Waals surface area contributed by atoms with Crippen molar-refractivity contribution in [2.75, 3.05) is 17.1 Å². The number of rotatable bonds is 8. The van der Waals surface area contributed by atoms with Crippen molar-refractivity contribution >= 4 is 27.3 Å². The number of likely N-dealkylation sites (N-methyl/N-ethyl adjacent to an activating group) is 1. The average molecular weight is 452 g/mol. The monoisotopic (exact) mass is 451 g/mol. The summed E-state index contributed by atoms with van der Waals surface area (Å²) in [5, 5.41) is 3.18. The first-order valence-corrected chi connectivity index (χ1v) is 11.9. The Bertz CT molecular complexity index is 1170. The molecule has 0 radical (unpaired) electrons. The lowest BCUT2D eigenvalue weighted by atomic mass is 10.1. The van der Waals surface area contributed by atoms with Crippen LogP contribution in [0.5, 0.6) is 0 Å². The Morgan fingerprint density at radius 1 is 0.906 bits per heavy atom. The molecule has 7 heteroatoms. The molecule has 1 amide bonds. The van der Waals surface area contributed by atoms with Crippen LogP contribution in [-0.2, 0) is 21.4 Å². The van der Waals surface area contributed by atoms with E-state index < -0.39 is 16.1 Å². The molecular weight excluding hydrogens is 422 g/mol. The summed E-state index contributed by atoms with van der Waals surface area (Å²) in [4.78, 5) is 14.7. The standard InChI is InChI=1S/C25H29N3O3S/c1-18-9-15-24(16-10-18)32(30,31)27-23-13-11-22(12-14-23)26-20(3)25(29)28(4)17-21-8-6-5-7-19(21)2/h5-16,20,26-27H,17H2,1-4H3. The highest BCUT2D eigenvalue weighted by atomic mass is 32.2. The summed E-state index contributed by atoms with van der Waals surface area (Å²) < 4.78 is 27.7. The molecule has 0 fully saturated rings. The molecule has 0 spiro atoms. The van der Waals surface area contributed by atoms with Gasteiger partial charge in [0.25, 0.3) is 10.0 Å². The number of anilines is 2. The number of nitrogens with one attached hydrogen (secondary N) is 2. The highest BCUT2D eigenvalue weighted by Gasteiger charge is 2.18. The molecule has 0 saturated heterocycles. The second-order valence-corrected chi connectivity index (χ2v) is 9.67. The van der Waals surface area contributed by atoms with Crippen molar-refractivity contribution < 1.29 is 13.2 Å². The van der Waals surface area contributed by atoms with Gasteiger partial charge in [0.15, 0.2) is 0 Å². The maximum atomic E-state index is 12.8. The minimum absolute atomic E-state index is 0.0302. The third-order valence-corrected chi connectivity index (χ3v) is 6.66. The van der Waals surface area contributed by atoms with E-state index >= 15 is 0 Å². The van der Waals surface area contributed by atoms with Crippen LogP contribution in [0.2, 0.25) is 0 Å². The van der Waals surface area contributed by atoms with Gasteiger partial charge in [-0.25, -0.2) is 8.42 Å². The number of hydrogen-bond donors (Lipinski definition) is 2. The van der Waals surface area contributed by atoms with Gasteiger partial charge in [0.1, 0.15) is 6.04 Å². The molecule has 32 heavy (non-hydrogen) atoms. The number of hydrogen-bond acceptors (Lipinski definition) is 4. The molecular formula is C25H29N3O3S. The topological polar surface area (TPSA) is 78.5 Å². The molecule has 0 bridgehead atoms. The average Bonchev–Trinajstić information content (AvgIpc) is 2.76. The lowest BCUT2D eigenvalue weighted by molar-refractivity contribution is -0.130. The molecule has 168 valence electrons. The van der Waals surface area contributed by atoms with Gasteiger partial charge >= 0.3 is 0 Å². The summed E-state index contributed by atoms with van der Waals surface area (Å²) in [5.41, 5.74) is 4.44. The van der Waals surface area contributed by atoms with E-state index in [0.717, 1.165) is 22.4 Å². The van der Waals surface area contributed by atoms with Crippen LogP contribution in [-0.4, -0.2) is 32.3 Å². The van der Waals surface area contributed by atoms with Gasteiger partial charge in [0.2, 0.25) is 5.91 Å². The Labute approximate surface area is 190 Å². The van der Waals surface area contributed by atoms with E-state index in [4.69, 9.17) is 0 Å². The van der Waals surface area contributed by atoms with Gasteiger partial charge in [0, 0.05) is 25.0 Å². The second-order valence-electron chi connectivity index (χ2n) is 7.98. The van der Waals surface area contributed by atoms with Crippen molar-refractivity contribution in [3.8, 4) is 0 Å². The SMILES string of the molecule is Cc1ccc(S(=O)(=O)Nc2ccc(NC(C)C(=O)N(C)Cc3ccccc3C)cc2)cc1. The van der Waals surface area contributed by atoms with Crippen LogP contribution in [0.25, 0.3) is 0 Å². The summed E-state index contributed by atoms with van der Waals surface area (Å²) in [6.45, 7) is 6.29. The minimum atomic E-state index is -3.66. The fourth-order valence-corrected chi connectivity index (χ4v) is 4.39. The fraction of sp³-hybridized carbons (Fsp3) is 0.240. The molecule has 2 N–H and O–H groups in total. The first-order valence-electron chi connectivity index (χ1n) is 10.4. The molecule has 6 nitrogen and oxygen atoms in total. The second kappa shape index (κ2) is 9.87. The molecule has 0 aliphatic heterocycles. The maximum Gasteiger partial charge on any atom is 0.261 e. The number of carbonyl (C=O) groups excluding carboxylic acids is 1. The van der Waals surface area contributed by atoms with Crippen molar-refractivity contribution in [3.63, 3.8) is 0 Å². The third-order valence-electron chi connectivity index (χ3n) is 5.27. The Morgan fingerprint density at radius 2 is 1.50 bits per heavy atom. The van der Waals surface area contributed by atoms with Crippen molar-refractivity contribution in [3.05, 3.63) is 89.5 Å². The van der Waals surface area contributed by atoms with Crippen LogP contribution in [0, 0.1) is 13.8 Å². The zero-order valence-electron chi connectivity index (χ0n) is 18.8.